The molecule has 0 unspecified atom stereocenters. The van der Waals surface area contributed by atoms with Crippen molar-refractivity contribution in [3.63, 3.8) is 0 Å². The van der Waals surface area contributed by atoms with Crippen molar-refractivity contribution >= 4 is 16.1 Å². The quantitative estimate of drug-likeness (QED) is 0.867. The number of hydrogen-bond acceptors (Lipinski definition) is 3. The van der Waals surface area contributed by atoms with Gasteiger partial charge in [0.1, 0.15) is 0 Å². The number of hydrogen-bond donors (Lipinski definition) is 2. The molecule has 1 aliphatic rings. The molecule has 1 aliphatic heterocycles. The summed E-state index contributed by atoms with van der Waals surface area (Å²) in [5.41, 5.74) is 1.06. The molecule has 1 aromatic carbocycles. The number of carbonyl (C=O) groups is 1. The molecule has 1 saturated heterocycles. The molecular weight excluding hydrogens is 290 g/mol. The van der Waals surface area contributed by atoms with E-state index in [1.807, 2.05) is 30.3 Å². The number of nitrogens with one attached hydrogen (secondary N) is 2. The van der Waals surface area contributed by atoms with Crippen LogP contribution >= 0.6 is 0 Å². The van der Waals surface area contributed by atoms with E-state index in [2.05, 4.69) is 10.0 Å². The molecule has 0 saturated carbocycles. The third kappa shape index (κ3) is 5.35. The predicted octanol–water partition coefficient (Wildman–Crippen LogP) is 0.910. The van der Waals surface area contributed by atoms with Crippen molar-refractivity contribution < 1.29 is 13.2 Å². The lowest BCUT2D eigenvalue weighted by Gasteiger charge is -2.32. The summed E-state index contributed by atoms with van der Waals surface area (Å²) in [4.78, 5) is 13.8. The first kappa shape index (κ1) is 15.8. The number of urea groups is 1. The molecule has 6 nitrogen and oxygen atoms in total. The lowest BCUT2D eigenvalue weighted by Crippen LogP contribution is -2.49. The van der Waals surface area contributed by atoms with Gasteiger partial charge in [0.15, 0.2) is 0 Å². The predicted molar refractivity (Wildman–Crippen MR) is 81.3 cm³/mol. The Hall–Kier alpha value is -1.60. The molecule has 21 heavy (non-hydrogen) atoms. The van der Waals surface area contributed by atoms with Crippen LogP contribution in [0.3, 0.4) is 0 Å². The van der Waals surface area contributed by atoms with Crippen molar-refractivity contribution in [3.05, 3.63) is 35.9 Å². The molecular formula is C14H21N3O3S. The van der Waals surface area contributed by atoms with Gasteiger partial charge in [-0.2, -0.15) is 0 Å². The standard InChI is InChI=1S/C14H21N3O3S/c1-21(19,20)16-13-7-9-17(10-8-13)14(18)15-11-12-5-3-2-4-6-12/h2-6,13,16H,7-11H2,1H3,(H,15,18). The average Bonchev–Trinajstić information content (AvgIpc) is 2.45. The molecule has 0 spiro atoms. The fourth-order valence-corrected chi connectivity index (χ4v) is 3.23. The minimum absolute atomic E-state index is 0.0711. The number of piperidine rings is 1. The number of nitrogens with zero attached hydrogens (tertiary/aromatic N) is 1. The zero-order valence-electron chi connectivity index (χ0n) is 12.1. The summed E-state index contributed by atoms with van der Waals surface area (Å²) in [7, 11) is -3.18. The molecule has 2 N–H and O–H groups in total. The van der Waals surface area contributed by atoms with Crippen LogP contribution in [0.15, 0.2) is 30.3 Å². The fourth-order valence-electron chi connectivity index (χ4n) is 2.39. The van der Waals surface area contributed by atoms with Crippen LogP contribution in [0.5, 0.6) is 0 Å². The van der Waals surface area contributed by atoms with Crippen molar-refractivity contribution in [1.29, 1.82) is 0 Å². The second kappa shape index (κ2) is 6.91. The van der Waals surface area contributed by atoms with Crippen LogP contribution in [0.2, 0.25) is 0 Å². The van der Waals surface area contributed by atoms with E-state index in [-0.39, 0.29) is 12.1 Å². The highest BCUT2D eigenvalue weighted by Gasteiger charge is 2.24. The molecule has 0 aromatic heterocycles. The first-order chi connectivity index (χ1) is 9.94. The Morgan fingerprint density at radius 2 is 1.86 bits per heavy atom. The maximum absolute atomic E-state index is 12.0. The highest BCUT2D eigenvalue weighted by molar-refractivity contribution is 7.88. The van der Waals surface area contributed by atoms with E-state index in [1.54, 1.807) is 4.90 Å². The van der Waals surface area contributed by atoms with E-state index < -0.39 is 10.0 Å². The van der Waals surface area contributed by atoms with Crippen LogP contribution in [-0.4, -0.2) is 44.7 Å². The molecule has 7 heteroatoms. The Bertz CT molecular complexity index is 566. The van der Waals surface area contributed by atoms with E-state index in [0.29, 0.717) is 32.5 Å². The lowest BCUT2D eigenvalue weighted by molar-refractivity contribution is 0.179. The van der Waals surface area contributed by atoms with Gasteiger partial charge in [-0.25, -0.2) is 17.9 Å². The monoisotopic (exact) mass is 311 g/mol. The van der Waals surface area contributed by atoms with Gasteiger partial charge >= 0.3 is 6.03 Å². The van der Waals surface area contributed by atoms with Gasteiger partial charge in [-0.15, -0.1) is 0 Å². The van der Waals surface area contributed by atoms with E-state index in [4.69, 9.17) is 0 Å². The number of sulfonamides is 1. The molecule has 1 heterocycles. The molecule has 0 radical (unpaired) electrons. The van der Waals surface area contributed by atoms with Crippen LogP contribution in [-0.2, 0) is 16.6 Å². The number of amides is 2. The summed E-state index contributed by atoms with van der Waals surface area (Å²) in [6.45, 7) is 1.63. The molecule has 0 aliphatic carbocycles. The van der Waals surface area contributed by atoms with Crippen LogP contribution in [0, 0.1) is 0 Å². The normalized spacial score (nSPS) is 16.7. The third-order valence-electron chi connectivity index (χ3n) is 3.45. The van der Waals surface area contributed by atoms with Crippen molar-refractivity contribution in [2.24, 2.45) is 0 Å². The Kier molecular flexibility index (Phi) is 5.19. The van der Waals surface area contributed by atoms with Gasteiger partial charge in [-0.05, 0) is 18.4 Å². The van der Waals surface area contributed by atoms with Gasteiger partial charge in [0.25, 0.3) is 0 Å². The van der Waals surface area contributed by atoms with Gasteiger partial charge in [-0.1, -0.05) is 30.3 Å². The second-order valence-corrected chi connectivity index (χ2v) is 7.08. The fraction of sp³-hybridized carbons (Fsp3) is 0.500. The smallest absolute Gasteiger partial charge is 0.317 e. The van der Waals surface area contributed by atoms with Crippen LogP contribution in [0.25, 0.3) is 0 Å². The zero-order valence-corrected chi connectivity index (χ0v) is 12.9. The van der Waals surface area contributed by atoms with Crippen molar-refractivity contribution in [2.75, 3.05) is 19.3 Å². The highest BCUT2D eigenvalue weighted by atomic mass is 32.2. The summed E-state index contributed by atoms with van der Waals surface area (Å²) in [5.74, 6) is 0. The summed E-state index contributed by atoms with van der Waals surface area (Å²) in [5, 5.41) is 2.88. The molecule has 116 valence electrons. The van der Waals surface area contributed by atoms with Crippen LogP contribution in [0.1, 0.15) is 18.4 Å². The summed E-state index contributed by atoms with van der Waals surface area (Å²) in [6, 6.07) is 9.55. The zero-order chi connectivity index (χ0) is 15.3. The molecule has 0 atom stereocenters. The maximum atomic E-state index is 12.0. The summed E-state index contributed by atoms with van der Waals surface area (Å²) in [6.07, 6.45) is 2.45. The van der Waals surface area contributed by atoms with Gasteiger partial charge in [0, 0.05) is 25.7 Å². The topological polar surface area (TPSA) is 78.5 Å². The molecule has 2 rings (SSSR count). The Morgan fingerprint density at radius 1 is 1.24 bits per heavy atom. The second-order valence-electron chi connectivity index (χ2n) is 5.30. The van der Waals surface area contributed by atoms with Crippen molar-refractivity contribution in [3.8, 4) is 0 Å². The van der Waals surface area contributed by atoms with Crippen LogP contribution < -0.4 is 10.0 Å². The largest absolute Gasteiger partial charge is 0.334 e. The van der Waals surface area contributed by atoms with Crippen molar-refractivity contribution in [2.45, 2.75) is 25.4 Å². The lowest BCUT2D eigenvalue weighted by atomic mass is 10.1. The van der Waals surface area contributed by atoms with Gasteiger partial charge in [0.05, 0.1) is 6.26 Å². The summed E-state index contributed by atoms with van der Waals surface area (Å²) >= 11 is 0. The molecule has 1 aromatic rings. The number of rotatable bonds is 4. The number of likely N-dealkylation sites (tertiary alicyclic amines) is 1. The van der Waals surface area contributed by atoms with E-state index in [0.717, 1.165) is 11.8 Å². The minimum Gasteiger partial charge on any atom is -0.334 e. The van der Waals surface area contributed by atoms with Crippen LogP contribution in [0.4, 0.5) is 4.79 Å². The molecule has 2 amide bonds. The Morgan fingerprint density at radius 3 is 2.43 bits per heavy atom. The van der Waals surface area contributed by atoms with Gasteiger partial charge in [-0.3, -0.25) is 0 Å². The Balaban J connectivity index is 1.75. The van der Waals surface area contributed by atoms with Crippen molar-refractivity contribution in [1.82, 2.24) is 14.9 Å². The Labute approximate surface area is 125 Å². The highest BCUT2D eigenvalue weighted by Crippen LogP contribution is 2.11. The molecule has 0 bridgehead atoms. The first-order valence-corrected chi connectivity index (χ1v) is 8.87. The summed E-state index contributed by atoms with van der Waals surface area (Å²) < 4.78 is 24.9. The van der Waals surface area contributed by atoms with E-state index >= 15 is 0 Å². The van der Waals surface area contributed by atoms with Gasteiger partial charge < -0.3 is 10.2 Å². The van der Waals surface area contributed by atoms with E-state index in [9.17, 15) is 13.2 Å². The SMILES string of the molecule is CS(=O)(=O)NC1CCN(C(=O)NCc2ccccc2)CC1. The molecule has 1 fully saturated rings. The third-order valence-corrected chi connectivity index (χ3v) is 4.21. The first-order valence-electron chi connectivity index (χ1n) is 6.98. The van der Waals surface area contributed by atoms with E-state index in [1.165, 1.54) is 0 Å². The number of carbonyl (C=O) groups excluding carboxylic acids is 1. The van der Waals surface area contributed by atoms with Gasteiger partial charge in [0.2, 0.25) is 10.0 Å². The average molecular weight is 311 g/mol. The minimum atomic E-state index is -3.18. The maximum Gasteiger partial charge on any atom is 0.317 e. The number of benzene rings is 1.